The Kier molecular flexibility index (Phi) is 7.57. The zero-order valence-corrected chi connectivity index (χ0v) is 26.4. The van der Waals surface area contributed by atoms with Crippen molar-refractivity contribution in [2.75, 3.05) is 0 Å². The maximum absolute atomic E-state index is 5.15. The fourth-order valence-electron chi connectivity index (χ4n) is 6.29. The van der Waals surface area contributed by atoms with Crippen molar-refractivity contribution in [3.63, 3.8) is 0 Å². The molecule has 0 N–H and O–H groups in total. The lowest BCUT2D eigenvalue weighted by Crippen LogP contribution is -2.31. The second-order valence-electron chi connectivity index (χ2n) is 11.2. The third-order valence-corrected chi connectivity index (χ3v) is 15.7. The third kappa shape index (κ3) is 4.92. The molecule has 0 saturated carbocycles. The summed E-state index contributed by atoms with van der Waals surface area (Å²) in [7, 11) is 0. The first-order chi connectivity index (χ1) is 21.6. The molecule has 0 fully saturated rings. The molecule has 2 heteroatoms. The van der Waals surface area contributed by atoms with Crippen molar-refractivity contribution >= 4 is 69.0 Å². The maximum atomic E-state index is 5.15. The molecule has 7 aromatic carbocycles. The number of fused-ring (bicyclic) bond motifs is 1. The van der Waals surface area contributed by atoms with Crippen molar-refractivity contribution in [2.45, 2.75) is 0 Å². The Morgan fingerprint density at radius 1 is 0.318 bits per heavy atom. The molecule has 0 atom stereocenters. The monoisotopic (exact) mass is 600 g/mol. The van der Waals surface area contributed by atoms with Crippen LogP contribution in [0.2, 0.25) is 0 Å². The molecule has 0 nitrogen and oxygen atoms in total. The summed E-state index contributed by atoms with van der Waals surface area (Å²) in [4.78, 5) is 0. The van der Waals surface area contributed by atoms with Gasteiger partial charge in [0.05, 0.1) is 0 Å². The van der Waals surface area contributed by atoms with E-state index in [9.17, 15) is 0 Å². The summed E-state index contributed by atoms with van der Waals surface area (Å²) in [5.41, 5.74) is 2.43. The van der Waals surface area contributed by atoms with Gasteiger partial charge in [0.25, 0.3) is 0 Å². The molecule has 44 heavy (non-hydrogen) atoms. The Bertz CT molecular complexity index is 1940. The van der Waals surface area contributed by atoms with Gasteiger partial charge >= 0.3 is 0 Å². The molecule has 0 radical (unpaired) electrons. The molecule has 0 aromatic heterocycles. The zero-order valence-electron chi connectivity index (χ0n) is 24.6. The topological polar surface area (TPSA) is 0 Å². The highest BCUT2D eigenvalue weighted by Gasteiger charge is 2.28. The first-order valence-corrected chi connectivity index (χ1v) is 18.9. The molecule has 0 aliphatic heterocycles. The summed E-state index contributed by atoms with van der Waals surface area (Å²) in [6, 6.07) is 66.0. The van der Waals surface area contributed by atoms with Crippen LogP contribution in [-0.2, 0) is 0 Å². The lowest BCUT2D eigenvalue weighted by molar-refractivity contribution is 1.69. The SMILES string of the molecule is C=P(c1ccccc1)(c1ccccc1)c1cc(-c2cccc3ccccc23)cc(P(=C)(c2ccccc2)c2ccccc2)c1. The van der Waals surface area contributed by atoms with Gasteiger partial charge in [0.1, 0.15) is 0 Å². The Morgan fingerprint density at radius 3 is 1.11 bits per heavy atom. The standard InChI is InChI=1S/C42H34P2/c1-43(35-20-7-3-8-21-35,36-22-9-4-10-23-36)39-30-34(42-29-17-19-33-18-15-16-28-41(33)42)31-40(32-39)44(2,37-24-11-5-12-25-37)38-26-13-6-14-27-38/h3-32H,1-2H2. The van der Waals surface area contributed by atoms with Gasteiger partial charge < -0.3 is 0 Å². The Balaban J connectivity index is 1.60. The highest BCUT2D eigenvalue weighted by Crippen LogP contribution is 2.47. The van der Waals surface area contributed by atoms with Crippen LogP contribution in [-0.4, -0.2) is 12.6 Å². The van der Waals surface area contributed by atoms with E-state index in [2.05, 4.69) is 182 Å². The third-order valence-electron chi connectivity index (χ3n) is 8.67. The molecular formula is C42H34P2. The zero-order chi connectivity index (χ0) is 30.0. The number of hydrogen-bond acceptors (Lipinski definition) is 0. The van der Waals surface area contributed by atoms with Gasteiger partial charge in [-0.15, -0.1) is 0 Å². The minimum atomic E-state index is -2.27. The van der Waals surface area contributed by atoms with Crippen LogP contribution in [0.5, 0.6) is 0 Å². The Labute approximate surface area is 261 Å². The van der Waals surface area contributed by atoms with Crippen LogP contribution >= 0.6 is 13.8 Å². The van der Waals surface area contributed by atoms with E-state index in [1.807, 2.05) is 0 Å². The van der Waals surface area contributed by atoms with Gasteiger partial charge in [-0.05, 0) is 85.7 Å². The largest absolute Gasteiger partial charge is 0.0887 e. The van der Waals surface area contributed by atoms with Gasteiger partial charge in [0.15, 0.2) is 0 Å². The van der Waals surface area contributed by atoms with E-state index in [1.54, 1.807) is 0 Å². The Hall–Kier alpha value is -4.60. The number of benzene rings is 7. The predicted octanol–water partition coefficient (Wildman–Crippen LogP) is 7.96. The molecule has 0 unspecified atom stereocenters. The summed E-state index contributed by atoms with van der Waals surface area (Å²) >= 11 is 0. The summed E-state index contributed by atoms with van der Waals surface area (Å²) < 4.78 is 0. The fourth-order valence-corrected chi connectivity index (χ4v) is 12.3. The van der Waals surface area contributed by atoms with Crippen LogP contribution in [0.4, 0.5) is 0 Å². The normalized spacial score (nSPS) is 11.8. The lowest BCUT2D eigenvalue weighted by Gasteiger charge is -2.31. The summed E-state index contributed by atoms with van der Waals surface area (Å²) in [6.45, 7) is -4.55. The van der Waals surface area contributed by atoms with Crippen molar-refractivity contribution in [1.82, 2.24) is 0 Å². The van der Waals surface area contributed by atoms with Crippen molar-refractivity contribution < 1.29 is 0 Å². The van der Waals surface area contributed by atoms with Gasteiger partial charge in [0.2, 0.25) is 0 Å². The second-order valence-corrected chi connectivity index (χ2v) is 17.6. The summed E-state index contributed by atoms with van der Waals surface area (Å²) in [5.74, 6) is 0. The molecule has 7 aromatic rings. The maximum Gasteiger partial charge on any atom is -0.0105 e. The van der Waals surface area contributed by atoms with Crippen LogP contribution in [0.15, 0.2) is 182 Å². The fraction of sp³-hybridized carbons (Fsp3) is 0. The number of hydrogen-bond donors (Lipinski definition) is 0. The second kappa shape index (κ2) is 11.8. The van der Waals surface area contributed by atoms with Gasteiger partial charge in [-0.1, -0.05) is 176 Å². The minimum absolute atomic E-state index is 1.20. The van der Waals surface area contributed by atoms with E-state index < -0.39 is 13.8 Å². The van der Waals surface area contributed by atoms with Crippen molar-refractivity contribution in [3.8, 4) is 11.1 Å². The molecule has 0 aliphatic carbocycles. The average molecular weight is 601 g/mol. The first-order valence-electron chi connectivity index (χ1n) is 14.9. The predicted molar refractivity (Wildman–Crippen MR) is 201 cm³/mol. The molecule has 0 spiro atoms. The van der Waals surface area contributed by atoms with Crippen LogP contribution < -0.4 is 31.8 Å². The molecule has 0 heterocycles. The van der Waals surface area contributed by atoms with E-state index >= 15 is 0 Å². The average Bonchev–Trinajstić information content (AvgIpc) is 3.12. The van der Waals surface area contributed by atoms with E-state index in [0.29, 0.717) is 0 Å². The van der Waals surface area contributed by atoms with Gasteiger partial charge in [-0.3, -0.25) is 0 Å². The molecule has 0 amide bonds. The van der Waals surface area contributed by atoms with Crippen LogP contribution in [0.25, 0.3) is 21.9 Å². The lowest BCUT2D eigenvalue weighted by atomic mass is 9.98. The number of rotatable bonds is 7. The van der Waals surface area contributed by atoms with E-state index in [4.69, 9.17) is 12.6 Å². The first kappa shape index (κ1) is 28.2. The molecule has 7 rings (SSSR count). The molecule has 212 valence electrons. The van der Waals surface area contributed by atoms with Gasteiger partial charge in [-0.25, -0.2) is 0 Å². The molecule has 0 bridgehead atoms. The van der Waals surface area contributed by atoms with E-state index in [0.717, 1.165) is 0 Å². The van der Waals surface area contributed by atoms with Crippen LogP contribution in [0.3, 0.4) is 0 Å². The minimum Gasteiger partial charge on any atom is -0.0887 e. The van der Waals surface area contributed by atoms with E-state index in [1.165, 1.54) is 53.7 Å². The Morgan fingerprint density at radius 2 is 0.682 bits per heavy atom. The summed E-state index contributed by atoms with van der Waals surface area (Å²) in [6.07, 6.45) is 10.3. The van der Waals surface area contributed by atoms with Crippen LogP contribution in [0, 0.1) is 0 Å². The van der Waals surface area contributed by atoms with Gasteiger partial charge in [-0.2, -0.15) is 0 Å². The quantitative estimate of drug-likeness (QED) is 0.163. The van der Waals surface area contributed by atoms with Crippen LogP contribution in [0.1, 0.15) is 0 Å². The van der Waals surface area contributed by atoms with Crippen molar-refractivity contribution in [1.29, 1.82) is 0 Å². The smallest absolute Gasteiger partial charge is 0.0105 e. The summed E-state index contributed by atoms with van der Waals surface area (Å²) in [5, 5.41) is 10.1. The molecule has 0 saturated heterocycles. The molecular weight excluding hydrogens is 566 g/mol. The van der Waals surface area contributed by atoms with Gasteiger partial charge in [0, 0.05) is 0 Å². The highest BCUT2D eigenvalue weighted by molar-refractivity contribution is 7.94. The van der Waals surface area contributed by atoms with Crippen molar-refractivity contribution in [3.05, 3.63) is 182 Å². The van der Waals surface area contributed by atoms with E-state index in [-0.39, 0.29) is 0 Å². The van der Waals surface area contributed by atoms with Crippen molar-refractivity contribution in [2.24, 2.45) is 0 Å². The molecule has 0 aliphatic rings. The highest BCUT2D eigenvalue weighted by atomic mass is 31.2.